The molecule has 10 heteroatoms. The van der Waals surface area contributed by atoms with Crippen LogP contribution in [0.5, 0.6) is 0 Å². The molecule has 1 fully saturated rings. The molecule has 7 nitrogen and oxygen atoms in total. The van der Waals surface area contributed by atoms with Crippen LogP contribution in [0.15, 0.2) is 85.2 Å². The molecule has 1 aliphatic heterocycles. The second-order valence-corrected chi connectivity index (χ2v) is 15.4. The molecule has 2 aromatic heterocycles. The van der Waals surface area contributed by atoms with Crippen LogP contribution >= 0.6 is 22.9 Å². The average Bonchev–Trinajstić information content (AvgIpc) is 3.57. The van der Waals surface area contributed by atoms with Gasteiger partial charge < -0.3 is 10.0 Å². The molecular formula is C40H37ClFN3O4S. The lowest BCUT2D eigenvalue weighted by Gasteiger charge is -2.38. The van der Waals surface area contributed by atoms with Gasteiger partial charge in [0.1, 0.15) is 5.82 Å². The number of hydrogen-bond donors (Lipinski definition) is 1. The number of amides is 1. The maximum atomic E-state index is 15.2. The third kappa shape index (κ3) is 7.69. The third-order valence-corrected chi connectivity index (χ3v) is 11.0. The van der Waals surface area contributed by atoms with E-state index in [1.165, 1.54) is 22.3 Å². The van der Waals surface area contributed by atoms with E-state index in [0.717, 1.165) is 32.7 Å². The number of aryl methyl sites for hydroxylation is 1. The van der Waals surface area contributed by atoms with Gasteiger partial charge >= 0.3 is 5.97 Å². The number of nitrogens with zero attached hydrogens (tertiary/aromatic N) is 3. The van der Waals surface area contributed by atoms with Crippen molar-refractivity contribution in [2.75, 3.05) is 13.1 Å². The average molecular weight is 710 g/mol. The first kappa shape index (κ1) is 35.1. The lowest BCUT2D eigenvalue weighted by atomic mass is 9.89. The second-order valence-electron chi connectivity index (χ2n) is 13.9. The van der Waals surface area contributed by atoms with Gasteiger partial charge in [-0.1, -0.05) is 80.9 Å². The monoisotopic (exact) mass is 709 g/mol. The van der Waals surface area contributed by atoms with Crippen molar-refractivity contribution in [3.8, 4) is 33.6 Å². The van der Waals surface area contributed by atoms with E-state index in [4.69, 9.17) is 11.6 Å². The molecule has 0 aliphatic carbocycles. The van der Waals surface area contributed by atoms with Crippen molar-refractivity contribution in [1.29, 1.82) is 0 Å². The molecule has 1 atom stereocenters. The summed E-state index contributed by atoms with van der Waals surface area (Å²) in [6, 6.07) is 21.9. The Morgan fingerprint density at radius 2 is 1.56 bits per heavy atom. The van der Waals surface area contributed by atoms with E-state index in [2.05, 4.69) is 30.7 Å². The summed E-state index contributed by atoms with van der Waals surface area (Å²) in [5.74, 6) is -2.39. The minimum Gasteiger partial charge on any atom is -0.481 e. The van der Waals surface area contributed by atoms with E-state index in [1.807, 2.05) is 67.6 Å². The van der Waals surface area contributed by atoms with Gasteiger partial charge in [0.2, 0.25) is 5.91 Å². The van der Waals surface area contributed by atoms with E-state index in [0.29, 0.717) is 33.3 Å². The van der Waals surface area contributed by atoms with Crippen LogP contribution < -0.4 is 0 Å². The van der Waals surface area contributed by atoms with Gasteiger partial charge in [-0.3, -0.25) is 14.4 Å². The molecule has 1 amide bonds. The Kier molecular flexibility index (Phi) is 10.0. The molecule has 50 heavy (non-hydrogen) atoms. The van der Waals surface area contributed by atoms with Crippen molar-refractivity contribution in [1.82, 2.24) is 14.9 Å². The van der Waals surface area contributed by atoms with E-state index in [1.54, 1.807) is 18.5 Å². The third-order valence-electron chi connectivity index (χ3n) is 9.07. The van der Waals surface area contributed by atoms with Crippen molar-refractivity contribution in [3.05, 3.63) is 117 Å². The van der Waals surface area contributed by atoms with Gasteiger partial charge in [0.05, 0.1) is 10.8 Å². The summed E-state index contributed by atoms with van der Waals surface area (Å²) in [6.45, 7) is 8.48. The molecule has 0 bridgehead atoms. The summed E-state index contributed by atoms with van der Waals surface area (Å²) >= 11 is 7.72. The predicted molar refractivity (Wildman–Crippen MR) is 195 cm³/mol. The van der Waals surface area contributed by atoms with Gasteiger partial charge in [-0.05, 0) is 65.3 Å². The molecule has 0 spiro atoms. The number of ketones is 1. The predicted octanol–water partition coefficient (Wildman–Crippen LogP) is 8.91. The number of carboxylic acid groups (broad SMARTS) is 1. The number of aromatic nitrogens is 2. The highest BCUT2D eigenvalue weighted by molar-refractivity contribution is 7.14. The van der Waals surface area contributed by atoms with Crippen molar-refractivity contribution in [3.63, 3.8) is 0 Å². The van der Waals surface area contributed by atoms with E-state index < -0.39 is 23.6 Å². The first-order valence-corrected chi connectivity index (χ1v) is 17.6. The van der Waals surface area contributed by atoms with Gasteiger partial charge in [0, 0.05) is 64.4 Å². The van der Waals surface area contributed by atoms with Crippen LogP contribution in [0.2, 0.25) is 5.02 Å². The Hall–Kier alpha value is -4.73. The summed E-state index contributed by atoms with van der Waals surface area (Å²) < 4.78 is 15.2. The maximum Gasteiger partial charge on any atom is 0.310 e. The molecule has 6 rings (SSSR count). The van der Waals surface area contributed by atoms with Gasteiger partial charge in [-0.2, -0.15) is 0 Å². The van der Waals surface area contributed by atoms with Crippen molar-refractivity contribution in [2.24, 2.45) is 11.8 Å². The highest BCUT2D eigenvalue weighted by atomic mass is 35.5. The van der Waals surface area contributed by atoms with Crippen LogP contribution in [-0.4, -0.2) is 50.7 Å². The maximum absolute atomic E-state index is 15.2. The number of hydrogen-bond acceptors (Lipinski definition) is 6. The smallest absolute Gasteiger partial charge is 0.310 e. The molecule has 1 saturated heterocycles. The molecule has 5 aromatic rings. The van der Waals surface area contributed by atoms with Gasteiger partial charge in [0.15, 0.2) is 11.6 Å². The number of carbonyl (C=O) groups is 3. The number of Topliss-reactive ketones (excluding diaryl/α,β-unsaturated/α-hetero) is 1. The zero-order valence-corrected chi connectivity index (χ0v) is 29.8. The summed E-state index contributed by atoms with van der Waals surface area (Å²) in [5.41, 5.74) is 4.92. The molecule has 256 valence electrons. The highest BCUT2D eigenvalue weighted by Gasteiger charge is 2.39. The number of rotatable bonds is 10. The number of thiophene rings is 1. The summed E-state index contributed by atoms with van der Waals surface area (Å²) in [6.07, 6.45) is 3.52. The normalized spacial score (nSPS) is 13.9. The Morgan fingerprint density at radius 3 is 2.16 bits per heavy atom. The van der Waals surface area contributed by atoms with E-state index >= 15 is 4.39 Å². The molecule has 3 aromatic carbocycles. The van der Waals surface area contributed by atoms with Gasteiger partial charge in [-0.15, -0.1) is 11.3 Å². The topological polar surface area (TPSA) is 100 Å². The van der Waals surface area contributed by atoms with Gasteiger partial charge in [0.25, 0.3) is 0 Å². The van der Waals surface area contributed by atoms with Crippen molar-refractivity contribution >= 4 is 40.6 Å². The Bertz CT molecular complexity index is 2070. The second kappa shape index (κ2) is 14.2. The fourth-order valence-electron chi connectivity index (χ4n) is 5.93. The minimum absolute atomic E-state index is 0.0276. The van der Waals surface area contributed by atoms with Crippen LogP contribution in [0.4, 0.5) is 4.39 Å². The molecule has 1 N–H and O–H groups in total. The Morgan fingerprint density at radius 1 is 0.920 bits per heavy atom. The molecule has 0 saturated carbocycles. The zero-order valence-electron chi connectivity index (χ0n) is 28.2. The number of benzene rings is 3. The summed E-state index contributed by atoms with van der Waals surface area (Å²) in [4.78, 5) is 50.5. The van der Waals surface area contributed by atoms with E-state index in [9.17, 15) is 19.5 Å². The quantitative estimate of drug-likeness (QED) is 0.145. The van der Waals surface area contributed by atoms with Crippen LogP contribution in [0.1, 0.15) is 52.9 Å². The van der Waals surface area contributed by atoms with Crippen molar-refractivity contribution < 1.29 is 23.9 Å². The molecule has 0 unspecified atom stereocenters. The summed E-state index contributed by atoms with van der Waals surface area (Å²) in [5, 5.41) is 9.94. The zero-order chi connectivity index (χ0) is 35.7. The molecule has 3 heterocycles. The molecule has 0 radical (unpaired) electrons. The Balaban J connectivity index is 1.16. The largest absolute Gasteiger partial charge is 0.481 e. The first-order valence-electron chi connectivity index (χ1n) is 16.4. The fourth-order valence-corrected chi connectivity index (χ4v) is 7.12. The molecular weight excluding hydrogens is 673 g/mol. The lowest BCUT2D eigenvalue weighted by molar-refractivity contribution is -0.154. The fraction of sp³-hybridized carbons (Fsp3) is 0.275. The number of carboxylic acids is 1. The number of aliphatic carboxylic acids is 1. The highest BCUT2D eigenvalue weighted by Crippen LogP contribution is 2.33. The summed E-state index contributed by atoms with van der Waals surface area (Å²) in [7, 11) is 0. The molecule has 1 aliphatic rings. The van der Waals surface area contributed by atoms with Crippen molar-refractivity contribution in [2.45, 2.75) is 46.0 Å². The van der Waals surface area contributed by atoms with Crippen LogP contribution in [0.3, 0.4) is 0 Å². The Labute approximate surface area is 299 Å². The standard InChI is InChI=1S/C40H37ClFN3O4S/c1-23-5-8-26(16-32(23)41)27-11-12-31(33(42)17-27)29-19-43-37(44-20-29)25-9-6-24(7-10-25)15-28(38(47)45-21-30(22-45)39(48)49)18-34(46)35-13-14-36(50-35)40(2,3)4/h5-14,16-17,19-20,28,30H,15,18,21-22H2,1-4H3,(H,48,49)/t28-/m1/s1. The van der Waals surface area contributed by atoms with Crippen LogP contribution in [0, 0.1) is 24.6 Å². The minimum atomic E-state index is -0.923. The van der Waals surface area contributed by atoms with Gasteiger partial charge in [-0.25, -0.2) is 14.4 Å². The number of likely N-dealkylation sites (tertiary alicyclic amines) is 1. The van der Waals surface area contributed by atoms with E-state index in [-0.39, 0.29) is 36.6 Å². The number of carbonyl (C=O) groups excluding carboxylic acids is 2. The first-order chi connectivity index (χ1) is 23.8. The number of halogens is 2. The SMILES string of the molecule is Cc1ccc(-c2ccc(-c3cnc(-c4ccc(C[C@H](CC(=O)c5ccc(C(C)(C)C)s5)C(=O)N5CC(C(=O)O)C5)cc4)nc3)c(F)c2)cc1Cl. The van der Waals surface area contributed by atoms with Crippen LogP contribution in [0.25, 0.3) is 33.6 Å². The lowest BCUT2D eigenvalue weighted by Crippen LogP contribution is -2.55. The van der Waals surface area contributed by atoms with Crippen LogP contribution in [-0.2, 0) is 21.4 Å².